The minimum Gasteiger partial charge on any atom is -0.359 e. The highest BCUT2D eigenvalue weighted by Gasteiger charge is 2.08. The zero-order valence-corrected chi connectivity index (χ0v) is 11.7. The van der Waals surface area contributed by atoms with Gasteiger partial charge in [-0.1, -0.05) is 11.6 Å². The van der Waals surface area contributed by atoms with Gasteiger partial charge in [0.1, 0.15) is 24.3 Å². The molecule has 3 aromatic rings. The van der Waals surface area contributed by atoms with Crippen molar-refractivity contribution < 1.29 is 0 Å². The summed E-state index contributed by atoms with van der Waals surface area (Å²) in [7, 11) is 0. The first kappa shape index (κ1) is 13.7. The topological polar surface area (TPSA) is 121 Å². The van der Waals surface area contributed by atoms with Crippen molar-refractivity contribution in [3.05, 3.63) is 47.9 Å². The molecule has 22 heavy (non-hydrogen) atoms. The van der Waals surface area contributed by atoms with Gasteiger partial charge in [0.15, 0.2) is 0 Å². The van der Waals surface area contributed by atoms with Crippen molar-refractivity contribution in [3.8, 4) is 11.8 Å². The molecule has 0 aliphatic heterocycles. The van der Waals surface area contributed by atoms with Gasteiger partial charge < -0.3 is 5.32 Å². The van der Waals surface area contributed by atoms with E-state index in [-0.39, 0.29) is 11.4 Å². The fourth-order valence-corrected chi connectivity index (χ4v) is 1.90. The molecule has 3 rings (SSSR count). The summed E-state index contributed by atoms with van der Waals surface area (Å²) in [6.45, 7) is 0. The van der Waals surface area contributed by atoms with Gasteiger partial charge in [0.25, 0.3) is 0 Å². The van der Waals surface area contributed by atoms with E-state index in [1.54, 1.807) is 29.2 Å². The van der Waals surface area contributed by atoms with E-state index < -0.39 is 0 Å². The smallest absolute Gasteiger partial charge is 0.216 e. The molecule has 2 N–H and O–H groups in total. The summed E-state index contributed by atoms with van der Waals surface area (Å²) in [5.74, 6) is 0.194. The molecule has 0 spiro atoms. The first-order valence-electron chi connectivity index (χ1n) is 6.03. The van der Waals surface area contributed by atoms with Gasteiger partial charge in [-0.05, 0) is 23.4 Å². The maximum Gasteiger partial charge on any atom is 0.216 e. The number of hydrogen-bond acceptors (Lipinski definition) is 7. The molecule has 0 radical (unpaired) electrons. The Labute approximate surface area is 129 Å². The number of anilines is 1. The average Bonchev–Trinajstić information content (AvgIpc) is 3.21. The van der Waals surface area contributed by atoms with Crippen LogP contribution >= 0.6 is 11.6 Å². The number of aromatic amines is 1. The van der Waals surface area contributed by atoms with Crippen molar-refractivity contribution in [2.24, 2.45) is 0 Å². The molecule has 0 aliphatic carbocycles. The van der Waals surface area contributed by atoms with Crippen LogP contribution in [-0.2, 0) is 0 Å². The second-order valence-corrected chi connectivity index (χ2v) is 4.49. The number of halogens is 1. The molecule has 0 saturated carbocycles. The summed E-state index contributed by atoms with van der Waals surface area (Å²) in [5, 5.41) is 30.0. The Hall–Kier alpha value is -3.25. The maximum absolute atomic E-state index is 9.15. The predicted molar refractivity (Wildman–Crippen MR) is 77.8 cm³/mol. The highest BCUT2D eigenvalue weighted by Crippen LogP contribution is 2.24. The third-order valence-corrected chi connectivity index (χ3v) is 2.94. The third kappa shape index (κ3) is 2.77. The van der Waals surface area contributed by atoms with E-state index in [0.29, 0.717) is 10.7 Å². The maximum atomic E-state index is 9.15. The molecule has 2 aromatic heterocycles. The molecular weight excluding hydrogens is 306 g/mol. The number of H-pyrrole nitrogens is 1. The average molecular weight is 314 g/mol. The van der Waals surface area contributed by atoms with Gasteiger partial charge in [-0.3, -0.25) is 0 Å². The predicted octanol–water partition coefficient (Wildman–Crippen LogP) is 1.41. The number of rotatable bonds is 4. The largest absolute Gasteiger partial charge is 0.359 e. The number of hydrogen-bond donors (Lipinski definition) is 2. The number of nitrogens with one attached hydrogen (secondary N) is 2. The SMILES string of the molecule is N#CC(=CNc1cc(Cl)ccc1-n1cncn1)c1nn[nH]n1. The summed E-state index contributed by atoms with van der Waals surface area (Å²) in [5.41, 5.74) is 1.59. The van der Waals surface area contributed by atoms with Gasteiger partial charge >= 0.3 is 0 Å². The number of aromatic nitrogens is 7. The minimum atomic E-state index is 0.194. The van der Waals surface area contributed by atoms with Crippen LogP contribution in [0.1, 0.15) is 5.82 Å². The van der Waals surface area contributed by atoms with Crippen molar-refractivity contribution in [2.75, 3.05) is 5.32 Å². The van der Waals surface area contributed by atoms with Crippen LogP contribution < -0.4 is 5.32 Å². The van der Waals surface area contributed by atoms with Gasteiger partial charge in [0.05, 0.1) is 11.4 Å². The van der Waals surface area contributed by atoms with Gasteiger partial charge in [-0.15, -0.1) is 10.2 Å². The van der Waals surface area contributed by atoms with E-state index in [4.69, 9.17) is 16.9 Å². The lowest BCUT2D eigenvalue weighted by Gasteiger charge is -2.09. The molecule has 0 aliphatic rings. The fraction of sp³-hybridized carbons (Fsp3) is 0. The second kappa shape index (κ2) is 6.02. The highest BCUT2D eigenvalue weighted by atomic mass is 35.5. The van der Waals surface area contributed by atoms with Crippen molar-refractivity contribution >= 4 is 22.9 Å². The molecule has 9 nitrogen and oxygen atoms in total. The Kier molecular flexibility index (Phi) is 3.76. The molecule has 2 heterocycles. The van der Waals surface area contributed by atoms with Gasteiger partial charge in [0, 0.05) is 11.2 Å². The number of benzene rings is 1. The Morgan fingerprint density at radius 2 is 2.36 bits per heavy atom. The lowest BCUT2D eigenvalue weighted by Crippen LogP contribution is -2.01. The Balaban J connectivity index is 1.95. The van der Waals surface area contributed by atoms with Crippen LogP contribution in [-0.4, -0.2) is 35.4 Å². The first-order chi connectivity index (χ1) is 10.8. The monoisotopic (exact) mass is 313 g/mol. The standard InChI is InChI=1S/C12H8ClN9/c13-9-1-2-11(22-7-15-6-17-22)10(3-9)16-5-8(4-14)12-18-20-21-19-12/h1-3,5-7,16H,(H,18,19,20,21). The molecular formula is C12H8ClN9. The molecule has 0 bridgehead atoms. The molecule has 1 aromatic carbocycles. The lowest BCUT2D eigenvalue weighted by atomic mass is 10.2. The molecule has 0 unspecified atom stereocenters. The van der Waals surface area contributed by atoms with Crippen LogP contribution in [0.25, 0.3) is 11.3 Å². The quantitative estimate of drug-likeness (QED) is 0.698. The molecule has 0 saturated heterocycles. The van der Waals surface area contributed by atoms with Crippen molar-refractivity contribution in [1.82, 2.24) is 35.4 Å². The number of allylic oxidation sites excluding steroid dienone is 1. The Morgan fingerprint density at radius 1 is 1.45 bits per heavy atom. The van der Waals surface area contributed by atoms with Crippen LogP contribution in [0.5, 0.6) is 0 Å². The number of tetrazole rings is 1. The van der Waals surface area contributed by atoms with E-state index >= 15 is 0 Å². The van der Waals surface area contributed by atoms with Gasteiger partial charge in [-0.25, -0.2) is 9.67 Å². The van der Waals surface area contributed by atoms with Crippen LogP contribution in [0, 0.1) is 11.3 Å². The van der Waals surface area contributed by atoms with E-state index in [0.717, 1.165) is 5.69 Å². The van der Waals surface area contributed by atoms with E-state index in [9.17, 15) is 0 Å². The van der Waals surface area contributed by atoms with Crippen LogP contribution in [0.4, 0.5) is 5.69 Å². The number of nitrogens with zero attached hydrogens (tertiary/aromatic N) is 7. The molecule has 0 atom stereocenters. The highest BCUT2D eigenvalue weighted by molar-refractivity contribution is 6.31. The fourth-order valence-electron chi connectivity index (χ4n) is 1.73. The van der Waals surface area contributed by atoms with Crippen LogP contribution in [0.2, 0.25) is 5.02 Å². The number of nitriles is 1. The van der Waals surface area contributed by atoms with Crippen molar-refractivity contribution in [1.29, 1.82) is 5.26 Å². The van der Waals surface area contributed by atoms with Gasteiger partial charge in [-0.2, -0.15) is 15.6 Å². The zero-order chi connectivity index (χ0) is 15.4. The molecule has 108 valence electrons. The van der Waals surface area contributed by atoms with E-state index in [1.807, 2.05) is 6.07 Å². The zero-order valence-electron chi connectivity index (χ0n) is 11.0. The van der Waals surface area contributed by atoms with Crippen LogP contribution in [0.15, 0.2) is 37.1 Å². The lowest BCUT2D eigenvalue weighted by molar-refractivity contribution is 0.880. The van der Waals surface area contributed by atoms with E-state index in [1.165, 1.54) is 12.5 Å². The minimum absolute atomic E-state index is 0.194. The molecule has 0 amide bonds. The molecule has 10 heteroatoms. The second-order valence-electron chi connectivity index (χ2n) is 4.05. The normalized spacial score (nSPS) is 11.2. The van der Waals surface area contributed by atoms with E-state index in [2.05, 4.69) is 36.0 Å². The van der Waals surface area contributed by atoms with Crippen LogP contribution in [0.3, 0.4) is 0 Å². The molecule has 0 fully saturated rings. The summed E-state index contributed by atoms with van der Waals surface area (Å²) in [4.78, 5) is 3.91. The summed E-state index contributed by atoms with van der Waals surface area (Å²) < 4.78 is 1.58. The summed E-state index contributed by atoms with van der Waals surface area (Å²) in [6, 6.07) is 7.22. The Bertz CT molecular complexity index is 830. The van der Waals surface area contributed by atoms with Crippen molar-refractivity contribution in [2.45, 2.75) is 0 Å². The summed E-state index contributed by atoms with van der Waals surface area (Å²) >= 11 is 6.02. The van der Waals surface area contributed by atoms with Crippen molar-refractivity contribution in [3.63, 3.8) is 0 Å². The Morgan fingerprint density at radius 3 is 3.05 bits per heavy atom. The third-order valence-electron chi connectivity index (χ3n) is 2.70. The first-order valence-corrected chi connectivity index (χ1v) is 6.41. The summed E-state index contributed by atoms with van der Waals surface area (Å²) in [6.07, 6.45) is 4.45. The van der Waals surface area contributed by atoms with Gasteiger partial charge in [0.2, 0.25) is 5.82 Å².